The number of carbonyl (C=O) groups excluding carboxylic acids is 1. The number of fused-ring (bicyclic) bond motifs is 2. The number of nitrogens with one attached hydrogen (secondary N) is 1. The van der Waals surface area contributed by atoms with Crippen LogP contribution in [0, 0.1) is 0 Å². The van der Waals surface area contributed by atoms with Gasteiger partial charge in [0.2, 0.25) is 0 Å². The second kappa shape index (κ2) is 4.12. The van der Waals surface area contributed by atoms with E-state index in [4.69, 9.17) is 0 Å². The number of amides is 1. The van der Waals surface area contributed by atoms with Crippen LogP contribution in [-0.2, 0) is 11.2 Å². The fourth-order valence-corrected chi connectivity index (χ4v) is 6.27. The molecule has 0 bridgehead atoms. The molecule has 0 unspecified atom stereocenters. The van der Waals surface area contributed by atoms with Gasteiger partial charge in [0.15, 0.2) is 0 Å². The Morgan fingerprint density at radius 2 is 1.94 bits per heavy atom. The Labute approximate surface area is 112 Å². The molecule has 1 aromatic carbocycles. The molecule has 1 aromatic rings. The van der Waals surface area contributed by atoms with E-state index in [1.54, 1.807) is 3.58 Å². The third-order valence-electron chi connectivity index (χ3n) is 3.96. The number of carbonyl (C=O) groups is 1. The van der Waals surface area contributed by atoms with Gasteiger partial charge in [-0.3, -0.25) is 0 Å². The van der Waals surface area contributed by atoms with Crippen LogP contribution in [0.1, 0.15) is 17.5 Å². The Morgan fingerprint density at radius 3 is 2.67 bits per heavy atom. The summed E-state index contributed by atoms with van der Waals surface area (Å²) in [6, 6.07) is 6.93. The summed E-state index contributed by atoms with van der Waals surface area (Å²) in [5, 5.41) is 2.95. The summed E-state index contributed by atoms with van der Waals surface area (Å²) in [7, 11) is 0. The Hall–Kier alpha value is -0.771. The summed E-state index contributed by atoms with van der Waals surface area (Å²) in [5.74, 6) is 0.147. The molecule has 0 spiro atoms. The Bertz CT molecular complexity index is 566. The molecule has 1 N–H and O–H groups in total. The Kier molecular flexibility index (Phi) is 2.81. The molecular formula is C15H19NOSn. The first kappa shape index (κ1) is 12.3. The minimum atomic E-state index is -1.99. The van der Waals surface area contributed by atoms with Crippen LogP contribution in [-0.4, -0.2) is 30.8 Å². The molecule has 94 valence electrons. The van der Waals surface area contributed by atoms with Gasteiger partial charge in [0, 0.05) is 0 Å². The van der Waals surface area contributed by atoms with Crippen LogP contribution in [0.3, 0.4) is 0 Å². The fourth-order valence-electron chi connectivity index (χ4n) is 2.87. The number of rotatable bonds is 1. The molecule has 2 aliphatic rings. The summed E-state index contributed by atoms with van der Waals surface area (Å²) < 4.78 is 1.56. The normalized spacial score (nSPS) is 18.5. The zero-order valence-corrected chi connectivity index (χ0v) is 14.1. The van der Waals surface area contributed by atoms with Gasteiger partial charge in [0.25, 0.3) is 0 Å². The van der Waals surface area contributed by atoms with Crippen LogP contribution in [0.25, 0.3) is 5.57 Å². The van der Waals surface area contributed by atoms with E-state index in [2.05, 4.69) is 38.3 Å². The van der Waals surface area contributed by atoms with E-state index < -0.39 is 18.4 Å². The van der Waals surface area contributed by atoms with E-state index in [0.717, 1.165) is 25.0 Å². The monoisotopic (exact) mass is 349 g/mol. The van der Waals surface area contributed by atoms with Crippen LogP contribution in [0.5, 0.6) is 0 Å². The van der Waals surface area contributed by atoms with Gasteiger partial charge in [-0.2, -0.15) is 0 Å². The summed E-state index contributed by atoms with van der Waals surface area (Å²) in [6.07, 6.45) is 1.83. The average Bonchev–Trinajstić information content (AvgIpc) is 2.67. The van der Waals surface area contributed by atoms with Crippen LogP contribution in [0.15, 0.2) is 23.8 Å². The van der Waals surface area contributed by atoms with Gasteiger partial charge < -0.3 is 0 Å². The van der Waals surface area contributed by atoms with Crippen LogP contribution in [0.2, 0.25) is 14.8 Å². The quantitative estimate of drug-likeness (QED) is 0.774. The van der Waals surface area contributed by atoms with Crippen molar-refractivity contribution in [1.82, 2.24) is 5.32 Å². The molecule has 0 atom stereocenters. The second-order valence-corrected chi connectivity index (χ2v) is 20.8. The van der Waals surface area contributed by atoms with Crippen LogP contribution < -0.4 is 8.90 Å². The number of hydrogen-bond acceptors (Lipinski definition) is 1. The third-order valence-corrected chi connectivity index (χ3v) is 9.79. The molecule has 2 nitrogen and oxygen atoms in total. The standard InChI is InChI=1S/C12H10NO.3CH3.Sn/c14-12-11-7-8-3-1-2-4-9(8)10(11)5-6-13-12;;;;/h2-4H,5-7H2,(H,13,14);3*1H3;. The third kappa shape index (κ3) is 1.91. The minimum absolute atomic E-state index is 0.147. The number of hydrogen-bond donors (Lipinski definition) is 1. The first-order valence-electron chi connectivity index (χ1n) is 6.61. The van der Waals surface area contributed by atoms with Gasteiger partial charge in [-0.1, -0.05) is 0 Å². The predicted octanol–water partition coefficient (Wildman–Crippen LogP) is 2.06. The molecule has 0 fully saturated rings. The molecule has 1 amide bonds. The van der Waals surface area contributed by atoms with Crippen LogP contribution >= 0.6 is 0 Å². The van der Waals surface area contributed by atoms with Crippen molar-refractivity contribution in [3.63, 3.8) is 0 Å². The van der Waals surface area contributed by atoms with Crippen LogP contribution in [0.4, 0.5) is 0 Å². The van der Waals surface area contributed by atoms with Crippen molar-refractivity contribution in [2.24, 2.45) is 0 Å². The molecule has 1 heterocycles. The Balaban J connectivity index is 2.05. The SMILES string of the molecule is [CH3][Sn]([CH3])([CH3])[c]1ccc2c(c1)CC1=C2CCNC1=O. The van der Waals surface area contributed by atoms with Crippen molar-refractivity contribution in [2.75, 3.05) is 6.54 Å². The molecule has 0 aromatic heterocycles. The van der Waals surface area contributed by atoms with Crippen molar-refractivity contribution in [1.29, 1.82) is 0 Å². The van der Waals surface area contributed by atoms with Gasteiger partial charge in [-0.05, 0) is 0 Å². The van der Waals surface area contributed by atoms with Crippen molar-refractivity contribution in [2.45, 2.75) is 27.7 Å². The molecule has 0 saturated carbocycles. The van der Waals surface area contributed by atoms with E-state index in [1.807, 2.05) is 0 Å². The van der Waals surface area contributed by atoms with E-state index in [-0.39, 0.29) is 5.91 Å². The molecule has 0 saturated heterocycles. The second-order valence-electron chi connectivity index (χ2n) is 6.26. The van der Waals surface area contributed by atoms with E-state index in [0.29, 0.717) is 0 Å². The zero-order chi connectivity index (χ0) is 12.9. The van der Waals surface area contributed by atoms with Crippen molar-refractivity contribution in [3.8, 4) is 0 Å². The maximum atomic E-state index is 11.9. The maximum absolute atomic E-state index is 11.9. The first-order chi connectivity index (χ1) is 8.47. The van der Waals surface area contributed by atoms with E-state index >= 15 is 0 Å². The Morgan fingerprint density at radius 1 is 1.17 bits per heavy atom. The van der Waals surface area contributed by atoms with Gasteiger partial charge in [-0.15, -0.1) is 0 Å². The van der Waals surface area contributed by atoms with E-state index in [9.17, 15) is 4.79 Å². The zero-order valence-electron chi connectivity index (χ0n) is 11.3. The number of benzene rings is 1. The van der Waals surface area contributed by atoms with Crippen molar-refractivity contribution in [3.05, 3.63) is 34.9 Å². The molecule has 3 heteroatoms. The van der Waals surface area contributed by atoms with E-state index in [1.165, 1.54) is 16.7 Å². The molecule has 1 aliphatic heterocycles. The van der Waals surface area contributed by atoms with Gasteiger partial charge in [0.1, 0.15) is 0 Å². The molecule has 3 rings (SSSR count). The predicted molar refractivity (Wildman–Crippen MR) is 77.7 cm³/mol. The van der Waals surface area contributed by atoms with Crippen molar-refractivity contribution < 1.29 is 4.79 Å². The summed E-state index contributed by atoms with van der Waals surface area (Å²) >= 11 is -1.99. The molecule has 0 radical (unpaired) electrons. The summed E-state index contributed by atoms with van der Waals surface area (Å²) in [4.78, 5) is 19.2. The average molecular weight is 348 g/mol. The first-order valence-corrected chi connectivity index (χ1v) is 16.6. The van der Waals surface area contributed by atoms with Crippen molar-refractivity contribution >= 4 is 33.4 Å². The van der Waals surface area contributed by atoms with Gasteiger partial charge >= 0.3 is 113 Å². The molecule has 18 heavy (non-hydrogen) atoms. The topological polar surface area (TPSA) is 29.1 Å². The summed E-state index contributed by atoms with van der Waals surface area (Å²) in [6.45, 7) is 0.789. The molecule has 1 aliphatic carbocycles. The summed E-state index contributed by atoms with van der Waals surface area (Å²) in [5.41, 5.74) is 5.02. The molecular weight excluding hydrogens is 329 g/mol. The fraction of sp³-hybridized carbons (Fsp3) is 0.400. The van der Waals surface area contributed by atoms with Gasteiger partial charge in [-0.25, -0.2) is 0 Å². The van der Waals surface area contributed by atoms with Gasteiger partial charge in [0.05, 0.1) is 0 Å².